The molecule has 0 saturated heterocycles. The Labute approximate surface area is 140 Å². The highest BCUT2D eigenvalue weighted by atomic mass is 19.2. The lowest BCUT2D eigenvalue weighted by atomic mass is 9.87. The van der Waals surface area contributed by atoms with Crippen LogP contribution in [0.15, 0.2) is 71.7 Å². The summed E-state index contributed by atoms with van der Waals surface area (Å²) in [4.78, 5) is 7.63. The predicted octanol–water partition coefficient (Wildman–Crippen LogP) is 4.76. The van der Waals surface area contributed by atoms with Gasteiger partial charge in [-0.3, -0.25) is 0 Å². The first-order chi connectivity index (χ1) is 12.1. The van der Waals surface area contributed by atoms with Crippen molar-refractivity contribution in [2.24, 2.45) is 0 Å². The molecule has 1 unspecified atom stereocenters. The van der Waals surface area contributed by atoms with E-state index in [2.05, 4.69) is 9.97 Å². The summed E-state index contributed by atoms with van der Waals surface area (Å²) in [5.41, 5.74) is -2.43. The van der Waals surface area contributed by atoms with Crippen LogP contribution >= 0.6 is 0 Å². The van der Waals surface area contributed by atoms with Crippen molar-refractivity contribution in [1.29, 1.82) is 0 Å². The molecule has 0 aliphatic carbocycles. The Balaban J connectivity index is 2.02. The molecule has 0 fully saturated rings. The molecule has 4 aromatic rings. The van der Waals surface area contributed by atoms with Crippen molar-refractivity contribution in [3.05, 3.63) is 95.8 Å². The van der Waals surface area contributed by atoms with Crippen LogP contribution in [0.2, 0.25) is 0 Å². The fourth-order valence-corrected chi connectivity index (χ4v) is 2.83. The number of furan rings is 1. The molecule has 1 atom stereocenters. The van der Waals surface area contributed by atoms with Gasteiger partial charge in [0.15, 0.2) is 5.76 Å². The van der Waals surface area contributed by atoms with E-state index < -0.39 is 17.3 Å². The van der Waals surface area contributed by atoms with E-state index in [1.165, 1.54) is 24.8 Å². The summed E-state index contributed by atoms with van der Waals surface area (Å²) in [6, 6.07) is 11.2. The first-order valence-electron chi connectivity index (χ1n) is 7.48. The summed E-state index contributed by atoms with van der Waals surface area (Å²) in [5, 5.41) is 0.666. The molecular formula is C19H11F3N2O. The molecule has 0 aliphatic heterocycles. The molecule has 0 N–H and O–H groups in total. The number of benzene rings is 2. The summed E-state index contributed by atoms with van der Waals surface area (Å²) >= 11 is 0. The van der Waals surface area contributed by atoms with Crippen LogP contribution in [0.3, 0.4) is 0 Å². The Kier molecular flexibility index (Phi) is 3.53. The number of fused-ring (bicyclic) bond motifs is 1. The van der Waals surface area contributed by atoms with Crippen LogP contribution in [0.4, 0.5) is 13.2 Å². The molecule has 2 heterocycles. The van der Waals surface area contributed by atoms with Gasteiger partial charge in [0.1, 0.15) is 23.5 Å². The van der Waals surface area contributed by atoms with Gasteiger partial charge in [0.25, 0.3) is 0 Å². The van der Waals surface area contributed by atoms with E-state index in [4.69, 9.17) is 4.42 Å². The van der Waals surface area contributed by atoms with Crippen LogP contribution < -0.4 is 0 Å². The number of para-hydroxylation sites is 1. The Hall–Kier alpha value is -3.15. The van der Waals surface area contributed by atoms with Crippen molar-refractivity contribution < 1.29 is 17.6 Å². The molecule has 124 valence electrons. The number of halogens is 3. The lowest BCUT2D eigenvalue weighted by molar-refractivity contribution is 0.227. The predicted molar refractivity (Wildman–Crippen MR) is 85.6 cm³/mol. The molecule has 0 radical (unpaired) electrons. The number of nitrogens with zero attached hydrogens (tertiary/aromatic N) is 2. The summed E-state index contributed by atoms with van der Waals surface area (Å²) in [7, 11) is 0. The zero-order valence-corrected chi connectivity index (χ0v) is 12.8. The Morgan fingerprint density at radius 3 is 2.40 bits per heavy atom. The SMILES string of the molecule is Fc1ccc(C(F)(c2cncnc2)c2cc3ccccc3o2)c(F)c1. The van der Waals surface area contributed by atoms with Crippen LogP contribution in [0.5, 0.6) is 0 Å². The number of aromatic nitrogens is 2. The third-order valence-corrected chi connectivity index (χ3v) is 4.03. The largest absolute Gasteiger partial charge is 0.457 e. The van der Waals surface area contributed by atoms with E-state index in [9.17, 15) is 8.78 Å². The number of hydrogen-bond acceptors (Lipinski definition) is 3. The highest BCUT2D eigenvalue weighted by molar-refractivity contribution is 5.78. The quantitative estimate of drug-likeness (QED) is 0.540. The van der Waals surface area contributed by atoms with E-state index >= 15 is 4.39 Å². The van der Waals surface area contributed by atoms with Crippen LogP contribution in [0, 0.1) is 11.6 Å². The van der Waals surface area contributed by atoms with E-state index in [0.29, 0.717) is 17.0 Å². The summed E-state index contributed by atoms with van der Waals surface area (Å²) in [5.74, 6) is -1.95. The minimum absolute atomic E-state index is 0.0143. The Bertz CT molecular complexity index is 1020. The van der Waals surface area contributed by atoms with Gasteiger partial charge in [-0.25, -0.2) is 23.1 Å². The molecule has 4 rings (SSSR count). The number of alkyl halides is 1. The summed E-state index contributed by atoms with van der Waals surface area (Å²) in [6.45, 7) is 0. The van der Waals surface area contributed by atoms with Gasteiger partial charge < -0.3 is 4.42 Å². The van der Waals surface area contributed by atoms with Crippen LogP contribution in [0.25, 0.3) is 11.0 Å². The maximum Gasteiger partial charge on any atom is 0.223 e. The van der Waals surface area contributed by atoms with Gasteiger partial charge in [-0.2, -0.15) is 0 Å². The highest BCUT2D eigenvalue weighted by Crippen LogP contribution is 2.43. The lowest BCUT2D eigenvalue weighted by Gasteiger charge is -2.24. The van der Waals surface area contributed by atoms with Gasteiger partial charge >= 0.3 is 0 Å². The molecule has 2 aromatic heterocycles. The van der Waals surface area contributed by atoms with Gasteiger partial charge in [0.2, 0.25) is 5.67 Å². The van der Waals surface area contributed by atoms with Crippen molar-refractivity contribution in [2.75, 3.05) is 0 Å². The first-order valence-corrected chi connectivity index (χ1v) is 7.48. The zero-order valence-electron chi connectivity index (χ0n) is 12.8. The van der Waals surface area contributed by atoms with Crippen LogP contribution in [-0.2, 0) is 5.67 Å². The average molecular weight is 340 g/mol. The third kappa shape index (κ3) is 2.46. The van der Waals surface area contributed by atoms with Crippen molar-refractivity contribution in [3.63, 3.8) is 0 Å². The Morgan fingerprint density at radius 1 is 0.920 bits per heavy atom. The summed E-state index contributed by atoms with van der Waals surface area (Å²) in [6.07, 6.45) is 3.72. The van der Waals surface area contributed by atoms with Gasteiger partial charge in [-0.15, -0.1) is 0 Å². The molecule has 0 bridgehead atoms. The molecule has 0 amide bonds. The van der Waals surface area contributed by atoms with Gasteiger partial charge in [0.05, 0.1) is 0 Å². The topological polar surface area (TPSA) is 38.9 Å². The molecule has 25 heavy (non-hydrogen) atoms. The van der Waals surface area contributed by atoms with E-state index in [0.717, 1.165) is 12.1 Å². The second-order valence-electron chi connectivity index (χ2n) is 5.56. The maximum atomic E-state index is 16.3. The smallest absolute Gasteiger partial charge is 0.223 e. The minimum atomic E-state index is -2.50. The second-order valence-corrected chi connectivity index (χ2v) is 5.56. The highest BCUT2D eigenvalue weighted by Gasteiger charge is 2.43. The minimum Gasteiger partial charge on any atom is -0.457 e. The van der Waals surface area contributed by atoms with Crippen molar-refractivity contribution in [1.82, 2.24) is 9.97 Å². The fourth-order valence-electron chi connectivity index (χ4n) is 2.83. The van der Waals surface area contributed by atoms with Gasteiger partial charge in [-0.1, -0.05) is 18.2 Å². The molecule has 2 aromatic carbocycles. The molecule has 6 heteroatoms. The second kappa shape index (κ2) is 5.73. The maximum absolute atomic E-state index is 16.3. The lowest BCUT2D eigenvalue weighted by Crippen LogP contribution is -2.25. The average Bonchev–Trinajstić information content (AvgIpc) is 3.06. The molecule has 3 nitrogen and oxygen atoms in total. The Morgan fingerprint density at radius 2 is 1.68 bits per heavy atom. The zero-order chi connectivity index (χ0) is 17.4. The monoisotopic (exact) mass is 340 g/mol. The molecule has 0 aliphatic rings. The first kappa shape index (κ1) is 15.4. The summed E-state index contributed by atoms with van der Waals surface area (Å²) < 4.78 is 49.6. The molecule has 0 saturated carbocycles. The van der Waals surface area contributed by atoms with Gasteiger partial charge in [-0.05, 0) is 24.3 Å². The van der Waals surface area contributed by atoms with Crippen LogP contribution in [-0.4, -0.2) is 9.97 Å². The molecular weight excluding hydrogens is 329 g/mol. The fraction of sp³-hybridized carbons (Fsp3) is 0.0526. The van der Waals surface area contributed by atoms with Crippen molar-refractivity contribution >= 4 is 11.0 Å². The van der Waals surface area contributed by atoms with E-state index in [1.807, 2.05) is 0 Å². The van der Waals surface area contributed by atoms with Crippen LogP contribution in [0.1, 0.15) is 16.9 Å². The van der Waals surface area contributed by atoms with E-state index in [1.54, 1.807) is 24.3 Å². The third-order valence-electron chi connectivity index (χ3n) is 4.03. The van der Waals surface area contributed by atoms with Gasteiger partial charge in [0, 0.05) is 35.0 Å². The number of rotatable bonds is 3. The van der Waals surface area contributed by atoms with E-state index in [-0.39, 0.29) is 16.9 Å². The van der Waals surface area contributed by atoms with Crippen molar-refractivity contribution in [2.45, 2.75) is 5.67 Å². The van der Waals surface area contributed by atoms with Crippen molar-refractivity contribution in [3.8, 4) is 0 Å². The standard InChI is InChI=1S/C19H11F3N2O/c20-14-5-6-15(16(21)8-14)19(22,13-9-23-11-24-10-13)18-7-12-3-1-2-4-17(12)25-18/h1-11H. The molecule has 0 spiro atoms. The normalized spacial score (nSPS) is 13.7. The number of hydrogen-bond donors (Lipinski definition) is 0.